The van der Waals surface area contributed by atoms with Gasteiger partial charge in [-0.3, -0.25) is 14.4 Å². The maximum absolute atomic E-state index is 12.8. The number of rotatable bonds is 5. The van der Waals surface area contributed by atoms with E-state index in [2.05, 4.69) is 27.4 Å². The molecule has 2 aromatic carbocycles. The molecule has 2 heterocycles. The van der Waals surface area contributed by atoms with E-state index in [9.17, 15) is 4.79 Å². The average molecular weight is 376 g/mol. The van der Waals surface area contributed by atoms with E-state index in [4.69, 9.17) is 4.74 Å². The van der Waals surface area contributed by atoms with Crippen LogP contribution in [0.2, 0.25) is 0 Å². The van der Waals surface area contributed by atoms with Gasteiger partial charge in [-0.2, -0.15) is 5.10 Å². The maximum Gasteiger partial charge on any atom is 0.239 e. The lowest BCUT2D eigenvalue weighted by Gasteiger charge is -2.16. The van der Waals surface area contributed by atoms with Crippen molar-refractivity contribution in [2.24, 2.45) is 7.05 Å². The van der Waals surface area contributed by atoms with Crippen molar-refractivity contribution in [3.8, 4) is 16.9 Å². The third-order valence-electron chi connectivity index (χ3n) is 5.13. The van der Waals surface area contributed by atoms with Gasteiger partial charge >= 0.3 is 0 Å². The highest BCUT2D eigenvalue weighted by Gasteiger charge is 2.23. The van der Waals surface area contributed by atoms with Crippen LogP contribution in [0.4, 0.5) is 5.82 Å². The zero-order valence-electron chi connectivity index (χ0n) is 16.4. The van der Waals surface area contributed by atoms with Crippen LogP contribution in [-0.4, -0.2) is 34.2 Å². The molecule has 0 aliphatic carbocycles. The topological polar surface area (TPSA) is 59.4 Å². The van der Waals surface area contributed by atoms with Crippen molar-refractivity contribution in [2.75, 3.05) is 19.0 Å². The van der Waals surface area contributed by atoms with Crippen LogP contribution in [0.15, 0.2) is 48.5 Å². The van der Waals surface area contributed by atoms with Crippen LogP contribution in [0.1, 0.15) is 16.8 Å². The zero-order valence-corrected chi connectivity index (χ0v) is 16.4. The number of nitrogens with zero attached hydrogens (tertiary/aromatic N) is 3. The lowest BCUT2D eigenvalue weighted by Crippen LogP contribution is -2.30. The minimum absolute atomic E-state index is 0.0491. The number of anilines is 1. The Labute approximate surface area is 164 Å². The summed E-state index contributed by atoms with van der Waals surface area (Å²) in [5, 5.41) is 7.58. The van der Waals surface area contributed by atoms with Crippen LogP contribution in [0.5, 0.6) is 5.75 Å². The lowest BCUT2D eigenvalue weighted by molar-refractivity contribution is -0.117. The van der Waals surface area contributed by atoms with Gasteiger partial charge in [-0.25, -0.2) is 0 Å². The van der Waals surface area contributed by atoms with Crippen LogP contribution in [-0.2, 0) is 24.9 Å². The Kier molecular flexibility index (Phi) is 4.88. The molecule has 1 aliphatic rings. The van der Waals surface area contributed by atoms with Crippen molar-refractivity contribution in [3.05, 3.63) is 65.4 Å². The second-order valence-corrected chi connectivity index (χ2v) is 7.09. The van der Waals surface area contributed by atoms with Crippen molar-refractivity contribution in [1.29, 1.82) is 0 Å². The standard InChI is InChI=1S/C22H24N4O2/c1-15-21(18-10-6-7-11-19(18)28-3)22(25(2)24-15)23-20(27)14-26-12-16-8-4-5-9-17(16)13-26/h4-11H,12-14H2,1-3H3,(H,23,27). The third-order valence-corrected chi connectivity index (χ3v) is 5.13. The number of carbonyl (C=O) groups is 1. The van der Waals surface area contributed by atoms with Crippen LogP contribution >= 0.6 is 0 Å². The van der Waals surface area contributed by atoms with Gasteiger partial charge in [0, 0.05) is 25.7 Å². The van der Waals surface area contributed by atoms with Gasteiger partial charge in [0.1, 0.15) is 11.6 Å². The first kappa shape index (κ1) is 18.3. The van der Waals surface area contributed by atoms with Crippen LogP contribution in [0, 0.1) is 6.92 Å². The normalized spacial score (nSPS) is 13.4. The Morgan fingerprint density at radius 3 is 2.43 bits per heavy atom. The Balaban J connectivity index is 1.55. The second-order valence-electron chi connectivity index (χ2n) is 7.09. The van der Waals surface area contributed by atoms with E-state index in [0.717, 1.165) is 35.7 Å². The molecule has 1 amide bonds. The van der Waals surface area contributed by atoms with Gasteiger partial charge in [-0.15, -0.1) is 0 Å². The smallest absolute Gasteiger partial charge is 0.239 e. The van der Waals surface area contributed by atoms with Crippen LogP contribution < -0.4 is 10.1 Å². The molecule has 4 rings (SSSR count). The van der Waals surface area contributed by atoms with E-state index < -0.39 is 0 Å². The van der Waals surface area contributed by atoms with E-state index in [1.54, 1.807) is 11.8 Å². The summed E-state index contributed by atoms with van der Waals surface area (Å²) in [5.74, 6) is 1.39. The molecule has 0 fully saturated rings. The molecular formula is C22H24N4O2. The predicted molar refractivity (Wildman–Crippen MR) is 109 cm³/mol. The number of aryl methyl sites for hydroxylation is 2. The van der Waals surface area contributed by atoms with Crippen molar-refractivity contribution in [3.63, 3.8) is 0 Å². The fraction of sp³-hybridized carbons (Fsp3) is 0.273. The van der Waals surface area contributed by atoms with Gasteiger partial charge in [-0.1, -0.05) is 42.5 Å². The molecule has 1 N–H and O–H groups in total. The number of ether oxygens (including phenoxy) is 1. The Bertz CT molecular complexity index is 1000. The molecule has 28 heavy (non-hydrogen) atoms. The van der Waals surface area contributed by atoms with Crippen molar-refractivity contribution in [1.82, 2.24) is 14.7 Å². The predicted octanol–water partition coefficient (Wildman–Crippen LogP) is 3.36. The second kappa shape index (κ2) is 7.48. The number of benzene rings is 2. The van der Waals surface area contributed by atoms with Gasteiger partial charge in [0.2, 0.25) is 5.91 Å². The van der Waals surface area contributed by atoms with Gasteiger partial charge in [0.05, 0.1) is 24.9 Å². The van der Waals surface area contributed by atoms with Gasteiger partial charge in [-0.05, 0) is 24.1 Å². The number of hydrogen-bond acceptors (Lipinski definition) is 4. The molecule has 0 saturated carbocycles. The summed E-state index contributed by atoms with van der Waals surface area (Å²) < 4.78 is 7.23. The molecule has 1 aliphatic heterocycles. The van der Waals surface area contributed by atoms with E-state index in [0.29, 0.717) is 12.4 Å². The van der Waals surface area contributed by atoms with Gasteiger partial charge < -0.3 is 10.1 Å². The molecule has 6 heteroatoms. The SMILES string of the molecule is COc1ccccc1-c1c(C)nn(C)c1NC(=O)CN1Cc2ccccc2C1. The molecule has 144 valence electrons. The minimum Gasteiger partial charge on any atom is -0.496 e. The Morgan fingerprint density at radius 2 is 1.75 bits per heavy atom. The zero-order chi connectivity index (χ0) is 19.7. The molecule has 0 saturated heterocycles. The highest BCUT2D eigenvalue weighted by atomic mass is 16.5. The Hall–Kier alpha value is -3.12. The number of fused-ring (bicyclic) bond motifs is 1. The lowest BCUT2D eigenvalue weighted by atomic mass is 10.0. The van der Waals surface area contributed by atoms with E-state index in [1.807, 2.05) is 50.4 Å². The van der Waals surface area contributed by atoms with Crippen LogP contribution in [0.25, 0.3) is 11.1 Å². The first-order valence-corrected chi connectivity index (χ1v) is 9.32. The molecular weight excluding hydrogens is 352 g/mol. The molecule has 0 radical (unpaired) electrons. The molecule has 1 aromatic heterocycles. The van der Waals surface area contributed by atoms with E-state index >= 15 is 0 Å². The van der Waals surface area contributed by atoms with Crippen molar-refractivity contribution < 1.29 is 9.53 Å². The van der Waals surface area contributed by atoms with Crippen molar-refractivity contribution in [2.45, 2.75) is 20.0 Å². The highest BCUT2D eigenvalue weighted by Crippen LogP contribution is 2.37. The maximum atomic E-state index is 12.8. The summed E-state index contributed by atoms with van der Waals surface area (Å²) in [6, 6.07) is 16.1. The third kappa shape index (κ3) is 3.39. The summed E-state index contributed by atoms with van der Waals surface area (Å²) in [6.45, 7) is 3.87. The first-order valence-electron chi connectivity index (χ1n) is 9.32. The number of nitrogens with one attached hydrogen (secondary N) is 1. The fourth-order valence-electron chi connectivity index (χ4n) is 3.87. The number of methoxy groups -OCH3 is 1. The number of para-hydroxylation sites is 1. The minimum atomic E-state index is -0.0491. The van der Waals surface area contributed by atoms with E-state index in [1.165, 1.54) is 11.1 Å². The fourth-order valence-corrected chi connectivity index (χ4v) is 3.87. The molecule has 0 atom stereocenters. The number of amides is 1. The van der Waals surface area contributed by atoms with Gasteiger partial charge in [0.15, 0.2) is 0 Å². The highest BCUT2D eigenvalue weighted by molar-refractivity contribution is 5.96. The monoisotopic (exact) mass is 376 g/mol. The Morgan fingerprint density at radius 1 is 1.11 bits per heavy atom. The summed E-state index contributed by atoms with van der Waals surface area (Å²) >= 11 is 0. The number of hydrogen-bond donors (Lipinski definition) is 1. The number of carbonyl (C=O) groups excluding carboxylic acids is 1. The molecule has 0 bridgehead atoms. The quantitative estimate of drug-likeness (QED) is 0.742. The largest absolute Gasteiger partial charge is 0.496 e. The molecule has 6 nitrogen and oxygen atoms in total. The van der Waals surface area contributed by atoms with E-state index in [-0.39, 0.29) is 5.91 Å². The first-order chi connectivity index (χ1) is 13.6. The number of aromatic nitrogens is 2. The average Bonchev–Trinajstić information content (AvgIpc) is 3.21. The van der Waals surface area contributed by atoms with Crippen LogP contribution in [0.3, 0.4) is 0 Å². The molecule has 0 spiro atoms. The van der Waals surface area contributed by atoms with Gasteiger partial charge in [0.25, 0.3) is 0 Å². The summed E-state index contributed by atoms with van der Waals surface area (Å²) in [4.78, 5) is 14.9. The summed E-state index contributed by atoms with van der Waals surface area (Å²) in [6.07, 6.45) is 0. The molecule has 3 aromatic rings. The molecule has 0 unspecified atom stereocenters. The summed E-state index contributed by atoms with van der Waals surface area (Å²) in [5.41, 5.74) is 5.23. The summed E-state index contributed by atoms with van der Waals surface area (Å²) in [7, 11) is 3.49. The van der Waals surface area contributed by atoms with Crippen molar-refractivity contribution >= 4 is 11.7 Å².